The molecule has 25 heavy (non-hydrogen) atoms. The minimum atomic E-state index is -0.758. The zero-order valence-electron chi connectivity index (χ0n) is 15.7. The van der Waals surface area contributed by atoms with Gasteiger partial charge in [-0.3, -0.25) is 9.59 Å². The first-order valence-electron chi connectivity index (χ1n) is 10.1. The molecule has 0 heterocycles. The molecular weight excluding hydrogens is 320 g/mol. The molecule has 1 fully saturated rings. The SMILES string of the molecule is CCCCC[C@@H](O)CC[C@H]1[C@H](O)CC(=O)[C@H]1CCCCCCC(=O)O. The quantitative estimate of drug-likeness (QED) is 0.413. The van der Waals surface area contributed by atoms with E-state index in [2.05, 4.69) is 6.92 Å². The van der Waals surface area contributed by atoms with Crippen LogP contribution < -0.4 is 0 Å². The monoisotopic (exact) mass is 356 g/mol. The third-order valence-electron chi connectivity index (χ3n) is 5.46. The molecule has 1 aliphatic carbocycles. The summed E-state index contributed by atoms with van der Waals surface area (Å²) in [5, 5.41) is 28.9. The predicted octanol–water partition coefficient (Wildman–Crippen LogP) is 3.70. The summed E-state index contributed by atoms with van der Waals surface area (Å²) in [6.07, 6.45) is 9.21. The van der Waals surface area contributed by atoms with Gasteiger partial charge < -0.3 is 15.3 Å². The average molecular weight is 357 g/mol. The van der Waals surface area contributed by atoms with Gasteiger partial charge in [-0.2, -0.15) is 0 Å². The van der Waals surface area contributed by atoms with E-state index in [1.54, 1.807) is 0 Å². The van der Waals surface area contributed by atoms with Gasteiger partial charge in [0.05, 0.1) is 12.2 Å². The van der Waals surface area contributed by atoms with Crippen LogP contribution in [-0.2, 0) is 9.59 Å². The highest BCUT2D eigenvalue weighted by molar-refractivity contribution is 5.84. The highest BCUT2D eigenvalue weighted by atomic mass is 16.4. The lowest BCUT2D eigenvalue weighted by molar-refractivity contribution is -0.137. The lowest BCUT2D eigenvalue weighted by atomic mass is 9.85. The van der Waals surface area contributed by atoms with Gasteiger partial charge in [0.15, 0.2) is 0 Å². The normalized spacial score (nSPS) is 24.6. The largest absolute Gasteiger partial charge is 0.481 e. The molecule has 5 nitrogen and oxygen atoms in total. The van der Waals surface area contributed by atoms with E-state index in [1.807, 2.05) is 0 Å². The van der Waals surface area contributed by atoms with Gasteiger partial charge in [-0.25, -0.2) is 0 Å². The summed E-state index contributed by atoms with van der Waals surface area (Å²) in [7, 11) is 0. The summed E-state index contributed by atoms with van der Waals surface area (Å²) >= 11 is 0. The van der Waals surface area contributed by atoms with E-state index < -0.39 is 12.1 Å². The van der Waals surface area contributed by atoms with Crippen LogP contribution in [0.5, 0.6) is 0 Å². The Morgan fingerprint density at radius 1 is 1.08 bits per heavy atom. The number of hydrogen-bond acceptors (Lipinski definition) is 4. The fourth-order valence-corrected chi connectivity index (χ4v) is 3.94. The van der Waals surface area contributed by atoms with Crippen molar-refractivity contribution < 1.29 is 24.9 Å². The summed E-state index contributed by atoms with van der Waals surface area (Å²) in [4.78, 5) is 22.6. The number of aliphatic carboxylic acids is 1. The molecule has 0 spiro atoms. The molecule has 0 amide bonds. The molecule has 146 valence electrons. The fourth-order valence-electron chi connectivity index (χ4n) is 3.94. The number of Topliss-reactive ketones (excluding diaryl/α,β-unsaturated/α-hetero) is 1. The highest BCUT2D eigenvalue weighted by Crippen LogP contribution is 2.36. The standard InChI is InChI=1S/C20H36O5/c1-2-3-6-9-15(21)12-13-17-16(18(22)14-19(17)23)10-7-4-5-8-11-20(24)25/h15-17,19,21,23H,2-14H2,1H3,(H,24,25)/t15-,16+,17-,19-/m1/s1. The summed E-state index contributed by atoms with van der Waals surface area (Å²) in [5.41, 5.74) is 0. The van der Waals surface area contributed by atoms with Gasteiger partial charge in [0, 0.05) is 18.8 Å². The van der Waals surface area contributed by atoms with Crippen LogP contribution in [-0.4, -0.2) is 39.3 Å². The van der Waals surface area contributed by atoms with E-state index >= 15 is 0 Å². The molecule has 1 aliphatic rings. The summed E-state index contributed by atoms with van der Waals surface area (Å²) in [5.74, 6) is -0.708. The van der Waals surface area contributed by atoms with Crippen molar-refractivity contribution in [1.29, 1.82) is 0 Å². The van der Waals surface area contributed by atoms with E-state index in [9.17, 15) is 19.8 Å². The van der Waals surface area contributed by atoms with Crippen LogP contribution in [0.4, 0.5) is 0 Å². The lowest BCUT2D eigenvalue weighted by Crippen LogP contribution is -2.22. The lowest BCUT2D eigenvalue weighted by Gasteiger charge is -2.22. The van der Waals surface area contributed by atoms with Crippen LogP contribution in [0.2, 0.25) is 0 Å². The molecule has 0 aromatic carbocycles. The molecule has 5 heteroatoms. The van der Waals surface area contributed by atoms with Gasteiger partial charge in [-0.05, 0) is 38.0 Å². The zero-order chi connectivity index (χ0) is 18.7. The maximum atomic E-state index is 12.2. The first-order valence-corrected chi connectivity index (χ1v) is 10.1. The van der Waals surface area contributed by atoms with Crippen molar-refractivity contribution >= 4 is 11.8 Å². The third-order valence-corrected chi connectivity index (χ3v) is 5.46. The van der Waals surface area contributed by atoms with Gasteiger partial charge >= 0.3 is 5.97 Å². The van der Waals surface area contributed by atoms with Gasteiger partial charge in [0.25, 0.3) is 0 Å². The summed E-state index contributed by atoms with van der Waals surface area (Å²) in [6, 6.07) is 0. The Morgan fingerprint density at radius 2 is 1.80 bits per heavy atom. The van der Waals surface area contributed by atoms with E-state index in [-0.39, 0.29) is 36.6 Å². The number of unbranched alkanes of at least 4 members (excludes halogenated alkanes) is 5. The Hall–Kier alpha value is -0.940. The molecule has 0 radical (unpaired) electrons. The molecule has 1 rings (SSSR count). The van der Waals surface area contributed by atoms with Crippen LogP contribution in [0, 0.1) is 11.8 Å². The van der Waals surface area contributed by atoms with Crippen molar-refractivity contribution in [3.8, 4) is 0 Å². The number of carbonyl (C=O) groups is 2. The Kier molecular flexibility index (Phi) is 11.0. The van der Waals surface area contributed by atoms with E-state index in [1.165, 1.54) is 0 Å². The second-order valence-corrected chi connectivity index (χ2v) is 7.58. The number of carboxylic acids is 1. The van der Waals surface area contributed by atoms with E-state index in [0.29, 0.717) is 19.3 Å². The van der Waals surface area contributed by atoms with Gasteiger partial charge in [0.2, 0.25) is 0 Å². The van der Waals surface area contributed by atoms with Gasteiger partial charge in [0.1, 0.15) is 5.78 Å². The van der Waals surface area contributed by atoms with E-state index in [4.69, 9.17) is 5.11 Å². The highest BCUT2D eigenvalue weighted by Gasteiger charge is 2.40. The predicted molar refractivity (Wildman–Crippen MR) is 97.3 cm³/mol. The molecule has 0 aromatic rings. The molecule has 0 aromatic heterocycles. The molecule has 0 bridgehead atoms. The van der Waals surface area contributed by atoms with Crippen molar-refractivity contribution in [3.05, 3.63) is 0 Å². The molecule has 1 saturated carbocycles. The summed E-state index contributed by atoms with van der Waals surface area (Å²) < 4.78 is 0. The molecular formula is C20H36O5. The topological polar surface area (TPSA) is 94.8 Å². The van der Waals surface area contributed by atoms with Crippen molar-refractivity contribution in [3.63, 3.8) is 0 Å². The maximum Gasteiger partial charge on any atom is 0.303 e. The van der Waals surface area contributed by atoms with Crippen LogP contribution in [0.1, 0.15) is 90.4 Å². The van der Waals surface area contributed by atoms with Crippen LogP contribution in [0.3, 0.4) is 0 Å². The molecule has 4 atom stereocenters. The Morgan fingerprint density at radius 3 is 2.48 bits per heavy atom. The van der Waals surface area contributed by atoms with Crippen LogP contribution in [0.25, 0.3) is 0 Å². The molecule has 0 unspecified atom stereocenters. The number of aliphatic hydroxyl groups is 2. The van der Waals surface area contributed by atoms with Crippen molar-refractivity contribution in [1.82, 2.24) is 0 Å². The molecule has 0 aliphatic heterocycles. The number of hydrogen-bond donors (Lipinski definition) is 3. The third kappa shape index (κ3) is 8.82. The van der Waals surface area contributed by atoms with Crippen LogP contribution >= 0.6 is 0 Å². The number of carbonyl (C=O) groups excluding carboxylic acids is 1. The second kappa shape index (κ2) is 12.4. The van der Waals surface area contributed by atoms with Crippen molar-refractivity contribution in [2.75, 3.05) is 0 Å². The van der Waals surface area contributed by atoms with Gasteiger partial charge in [-0.15, -0.1) is 0 Å². The average Bonchev–Trinajstić information content (AvgIpc) is 2.82. The number of ketones is 1. The second-order valence-electron chi connectivity index (χ2n) is 7.58. The Balaban J connectivity index is 2.30. The maximum absolute atomic E-state index is 12.2. The summed E-state index contributed by atoms with van der Waals surface area (Å²) in [6.45, 7) is 2.14. The number of rotatable bonds is 14. The fraction of sp³-hybridized carbons (Fsp3) is 0.900. The minimum absolute atomic E-state index is 0.0210. The van der Waals surface area contributed by atoms with Crippen molar-refractivity contribution in [2.45, 2.75) is 103 Å². The zero-order valence-corrected chi connectivity index (χ0v) is 15.7. The van der Waals surface area contributed by atoms with Crippen molar-refractivity contribution in [2.24, 2.45) is 11.8 Å². The van der Waals surface area contributed by atoms with E-state index in [0.717, 1.165) is 51.4 Å². The Labute approximate surface area is 151 Å². The smallest absolute Gasteiger partial charge is 0.303 e. The minimum Gasteiger partial charge on any atom is -0.481 e. The number of carboxylic acid groups (broad SMARTS) is 1. The Bertz CT molecular complexity index is 396. The molecule has 3 N–H and O–H groups in total. The number of aliphatic hydroxyl groups excluding tert-OH is 2. The van der Waals surface area contributed by atoms with Crippen LogP contribution in [0.15, 0.2) is 0 Å². The first kappa shape index (κ1) is 22.1. The first-order chi connectivity index (χ1) is 12.0. The molecule has 0 saturated heterocycles. The van der Waals surface area contributed by atoms with Gasteiger partial charge in [-0.1, -0.05) is 45.4 Å².